The van der Waals surface area contributed by atoms with Crippen molar-refractivity contribution in [2.75, 3.05) is 26.3 Å². The zero-order valence-electron chi connectivity index (χ0n) is 12.5. The average Bonchev–Trinajstić information content (AvgIpc) is 2.53. The van der Waals surface area contributed by atoms with Gasteiger partial charge in [0, 0.05) is 6.54 Å². The van der Waals surface area contributed by atoms with Crippen LogP contribution in [-0.4, -0.2) is 48.9 Å². The standard InChI is InChI=1S/C16H19NO5/c1-2-21-16(20)13-8-9-17(10-14(13)18)15(19)11-22-12-6-4-3-5-7-12/h3-7,13H,2,8-11H2,1H3. The summed E-state index contributed by atoms with van der Waals surface area (Å²) < 4.78 is 10.2. The molecule has 1 amide bonds. The number of para-hydroxylation sites is 1. The Morgan fingerprint density at radius 3 is 2.64 bits per heavy atom. The van der Waals surface area contributed by atoms with Crippen LogP contribution in [0, 0.1) is 5.92 Å². The molecule has 1 saturated heterocycles. The first-order valence-corrected chi connectivity index (χ1v) is 7.26. The molecule has 22 heavy (non-hydrogen) atoms. The molecule has 1 fully saturated rings. The summed E-state index contributed by atoms with van der Waals surface area (Å²) in [5.74, 6) is -1.19. The number of ether oxygens (including phenoxy) is 2. The normalized spacial score (nSPS) is 18.0. The molecule has 1 atom stereocenters. The number of benzene rings is 1. The number of ketones is 1. The van der Waals surface area contributed by atoms with E-state index in [1.54, 1.807) is 19.1 Å². The Hall–Kier alpha value is -2.37. The molecule has 0 spiro atoms. The van der Waals surface area contributed by atoms with Gasteiger partial charge in [0.05, 0.1) is 13.2 Å². The molecule has 0 N–H and O–H groups in total. The van der Waals surface area contributed by atoms with E-state index < -0.39 is 11.9 Å². The highest BCUT2D eigenvalue weighted by atomic mass is 16.5. The fourth-order valence-electron chi connectivity index (χ4n) is 2.28. The maximum Gasteiger partial charge on any atom is 0.316 e. The van der Waals surface area contributed by atoms with Crippen molar-refractivity contribution in [2.24, 2.45) is 5.92 Å². The molecule has 6 heteroatoms. The first-order chi connectivity index (χ1) is 10.6. The van der Waals surface area contributed by atoms with Crippen LogP contribution in [0.2, 0.25) is 0 Å². The number of hydrogen-bond acceptors (Lipinski definition) is 5. The molecule has 2 rings (SSSR count). The fraction of sp³-hybridized carbons (Fsp3) is 0.438. The van der Waals surface area contributed by atoms with E-state index in [-0.39, 0.29) is 31.4 Å². The summed E-state index contributed by atoms with van der Waals surface area (Å²) in [7, 11) is 0. The molecule has 1 aromatic carbocycles. The molecule has 0 saturated carbocycles. The Morgan fingerprint density at radius 1 is 1.27 bits per heavy atom. The van der Waals surface area contributed by atoms with Crippen molar-refractivity contribution in [3.8, 4) is 5.75 Å². The first kappa shape index (κ1) is 16.0. The van der Waals surface area contributed by atoms with Crippen molar-refractivity contribution in [3.63, 3.8) is 0 Å². The number of Topliss-reactive ketones (excluding diaryl/α,β-unsaturated/α-hetero) is 1. The van der Waals surface area contributed by atoms with Crippen LogP contribution in [0.1, 0.15) is 13.3 Å². The number of carbonyl (C=O) groups excluding carboxylic acids is 3. The molecule has 1 aromatic rings. The van der Waals surface area contributed by atoms with Crippen LogP contribution >= 0.6 is 0 Å². The van der Waals surface area contributed by atoms with Gasteiger partial charge in [-0.25, -0.2) is 0 Å². The lowest BCUT2D eigenvalue weighted by molar-refractivity contribution is -0.156. The molecule has 0 radical (unpaired) electrons. The second kappa shape index (κ2) is 7.59. The SMILES string of the molecule is CCOC(=O)C1CCN(C(=O)COc2ccccc2)CC1=O. The number of amides is 1. The molecule has 0 aliphatic carbocycles. The summed E-state index contributed by atoms with van der Waals surface area (Å²) >= 11 is 0. The van der Waals surface area contributed by atoms with Crippen LogP contribution in [0.4, 0.5) is 0 Å². The van der Waals surface area contributed by atoms with Crippen LogP contribution in [0.5, 0.6) is 5.75 Å². The zero-order chi connectivity index (χ0) is 15.9. The summed E-state index contributed by atoms with van der Waals surface area (Å²) in [5, 5.41) is 0. The topological polar surface area (TPSA) is 72.9 Å². The number of rotatable bonds is 5. The summed E-state index contributed by atoms with van der Waals surface area (Å²) in [4.78, 5) is 37.1. The van der Waals surface area contributed by atoms with Gasteiger partial charge < -0.3 is 14.4 Å². The van der Waals surface area contributed by atoms with Crippen molar-refractivity contribution in [1.29, 1.82) is 0 Å². The molecule has 6 nitrogen and oxygen atoms in total. The lowest BCUT2D eigenvalue weighted by atomic mass is 9.95. The lowest BCUT2D eigenvalue weighted by Gasteiger charge is -2.29. The van der Waals surface area contributed by atoms with Gasteiger partial charge >= 0.3 is 5.97 Å². The number of nitrogens with zero attached hydrogens (tertiary/aromatic N) is 1. The van der Waals surface area contributed by atoms with Gasteiger partial charge in [0.25, 0.3) is 5.91 Å². The third-order valence-corrected chi connectivity index (χ3v) is 3.45. The van der Waals surface area contributed by atoms with Crippen LogP contribution in [0.3, 0.4) is 0 Å². The first-order valence-electron chi connectivity index (χ1n) is 7.26. The number of piperidine rings is 1. The van der Waals surface area contributed by atoms with E-state index in [4.69, 9.17) is 9.47 Å². The van der Waals surface area contributed by atoms with Gasteiger partial charge in [-0.3, -0.25) is 14.4 Å². The monoisotopic (exact) mass is 305 g/mol. The summed E-state index contributed by atoms with van der Waals surface area (Å²) in [6.07, 6.45) is 0.300. The fourth-order valence-corrected chi connectivity index (χ4v) is 2.28. The Labute approximate surface area is 129 Å². The second-order valence-corrected chi connectivity index (χ2v) is 4.98. The van der Waals surface area contributed by atoms with Crippen LogP contribution in [0.15, 0.2) is 30.3 Å². The van der Waals surface area contributed by atoms with Crippen LogP contribution in [-0.2, 0) is 19.1 Å². The summed E-state index contributed by atoms with van der Waals surface area (Å²) in [6, 6.07) is 8.99. The van der Waals surface area contributed by atoms with Gasteiger partial charge in [-0.2, -0.15) is 0 Å². The number of hydrogen-bond donors (Lipinski definition) is 0. The van der Waals surface area contributed by atoms with E-state index in [9.17, 15) is 14.4 Å². The van der Waals surface area contributed by atoms with E-state index in [0.717, 1.165) is 0 Å². The highest BCUT2D eigenvalue weighted by molar-refractivity contribution is 6.02. The number of esters is 1. The van der Waals surface area contributed by atoms with E-state index >= 15 is 0 Å². The van der Waals surface area contributed by atoms with Crippen molar-refractivity contribution in [2.45, 2.75) is 13.3 Å². The molecular weight excluding hydrogens is 286 g/mol. The molecule has 1 heterocycles. The Bertz CT molecular complexity index is 543. The highest BCUT2D eigenvalue weighted by Crippen LogP contribution is 2.16. The Kier molecular flexibility index (Phi) is 5.52. The number of carbonyl (C=O) groups is 3. The van der Waals surface area contributed by atoms with Gasteiger partial charge in [-0.15, -0.1) is 0 Å². The summed E-state index contributed by atoms with van der Waals surface area (Å²) in [5.41, 5.74) is 0. The van der Waals surface area contributed by atoms with E-state index in [1.807, 2.05) is 18.2 Å². The van der Waals surface area contributed by atoms with E-state index in [2.05, 4.69) is 0 Å². The number of likely N-dealkylation sites (tertiary alicyclic amines) is 1. The van der Waals surface area contributed by atoms with Gasteiger partial charge in [0.2, 0.25) is 0 Å². The quantitative estimate of drug-likeness (QED) is 0.600. The molecule has 1 aliphatic rings. The van der Waals surface area contributed by atoms with Gasteiger partial charge in [-0.1, -0.05) is 18.2 Å². The predicted molar refractivity (Wildman–Crippen MR) is 78.3 cm³/mol. The van der Waals surface area contributed by atoms with Crippen molar-refractivity contribution in [3.05, 3.63) is 30.3 Å². The zero-order valence-corrected chi connectivity index (χ0v) is 12.5. The lowest BCUT2D eigenvalue weighted by Crippen LogP contribution is -2.48. The maximum absolute atomic E-state index is 12.1. The summed E-state index contributed by atoms with van der Waals surface area (Å²) in [6.45, 7) is 2.10. The van der Waals surface area contributed by atoms with Crippen molar-refractivity contribution < 1.29 is 23.9 Å². The predicted octanol–water partition coefficient (Wildman–Crippen LogP) is 1.05. The Morgan fingerprint density at radius 2 is 2.00 bits per heavy atom. The molecule has 0 aromatic heterocycles. The molecule has 1 aliphatic heterocycles. The van der Waals surface area contributed by atoms with E-state index in [0.29, 0.717) is 18.7 Å². The minimum absolute atomic E-state index is 0.0690. The molecule has 118 valence electrons. The van der Waals surface area contributed by atoms with Gasteiger partial charge in [0.1, 0.15) is 11.7 Å². The minimum atomic E-state index is -0.751. The smallest absolute Gasteiger partial charge is 0.316 e. The molecular formula is C16H19NO5. The third kappa shape index (κ3) is 4.07. The molecule has 1 unspecified atom stereocenters. The minimum Gasteiger partial charge on any atom is -0.484 e. The van der Waals surface area contributed by atoms with Crippen molar-refractivity contribution in [1.82, 2.24) is 4.90 Å². The highest BCUT2D eigenvalue weighted by Gasteiger charge is 2.35. The second-order valence-electron chi connectivity index (χ2n) is 4.98. The largest absolute Gasteiger partial charge is 0.484 e. The van der Waals surface area contributed by atoms with Gasteiger partial charge in [-0.05, 0) is 25.5 Å². The van der Waals surface area contributed by atoms with Crippen LogP contribution in [0.25, 0.3) is 0 Å². The van der Waals surface area contributed by atoms with Gasteiger partial charge in [0.15, 0.2) is 12.4 Å². The van der Waals surface area contributed by atoms with Crippen LogP contribution < -0.4 is 4.74 Å². The third-order valence-electron chi connectivity index (χ3n) is 3.45. The van der Waals surface area contributed by atoms with E-state index in [1.165, 1.54) is 4.90 Å². The van der Waals surface area contributed by atoms with Crippen molar-refractivity contribution >= 4 is 17.7 Å². The molecule has 0 bridgehead atoms. The maximum atomic E-state index is 12.1. The Balaban J connectivity index is 1.83. The average molecular weight is 305 g/mol.